The second-order valence-corrected chi connectivity index (χ2v) is 7.50. The fourth-order valence-corrected chi connectivity index (χ4v) is 3.28. The predicted molar refractivity (Wildman–Crippen MR) is 103 cm³/mol. The highest BCUT2D eigenvalue weighted by atomic mass is 16.3. The maximum Gasteiger partial charge on any atom is 0.251 e. The minimum atomic E-state index is -0.0664. The first-order chi connectivity index (χ1) is 11.9. The quantitative estimate of drug-likeness (QED) is 0.795. The second kappa shape index (κ2) is 9.20. The number of amides is 1. The van der Waals surface area contributed by atoms with Gasteiger partial charge in [-0.2, -0.15) is 0 Å². The Hall–Kier alpha value is -1.59. The lowest BCUT2D eigenvalue weighted by Gasteiger charge is -2.38. The fourth-order valence-electron chi connectivity index (χ4n) is 3.28. The molecule has 25 heavy (non-hydrogen) atoms. The minimum Gasteiger partial charge on any atom is -0.396 e. The highest BCUT2D eigenvalue weighted by Crippen LogP contribution is 2.18. The molecule has 5 heteroatoms. The number of benzene rings is 1. The van der Waals surface area contributed by atoms with Gasteiger partial charge in [-0.3, -0.25) is 9.69 Å². The normalized spacial score (nSPS) is 17.2. The highest BCUT2D eigenvalue weighted by Gasteiger charge is 2.20. The van der Waals surface area contributed by atoms with Crippen molar-refractivity contribution in [3.8, 4) is 0 Å². The van der Waals surface area contributed by atoms with Gasteiger partial charge in [-0.1, -0.05) is 13.8 Å². The largest absolute Gasteiger partial charge is 0.396 e. The molecule has 1 aromatic rings. The number of rotatable bonds is 7. The van der Waals surface area contributed by atoms with Crippen LogP contribution < -0.4 is 10.2 Å². The summed E-state index contributed by atoms with van der Waals surface area (Å²) < 4.78 is 0. The molecule has 0 bridgehead atoms. The third-order valence-electron chi connectivity index (χ3n) is 5.10. The molecule has 1 fully saturated rings. The monoisotopic (exact) mass is 347 g/mol. The molecule has 0 saturated carbocycles. The van der Waals surface area contributed by atoms with Crippen LogP contribution in [0.4, 0.5) is 5.69 Å². The average Bonchev–Trinajstić information content (AvgIpc) is 2.61. The van der Waals surface area contributed by atoms with Gasteiger partial charge in [0.2, 0.25) is 0 Å². The van der Waals surface area contributed by atoms with Crippen LogP contribution in [0.1, 0.15) is 44.5 Å². The van der Waals surface area contributed by atoms with Crippen molar-refractivity contribution in [3.63, 3.8) is 0 Å². The molecule has 1 aromatic carbocycles. The van der Waals surface area contributed by atoms with Crippen molar-refractivity contribution < 1.29 is 9.90 Å². The van der Waals surface area contributed by atoms with Crippen LogP contribution in [-0.2, 0) is 0 Å². The van der Waals surface area contributed by atoms with E-state index in [1.165, 1.54) is 5.69 Å². The molecule has 5 nitrogen and oxygen atoms in total. The average molecular weight is 348 g/mol. The van der Waals surface area contributed by atoms with Gasteiger partial charge >= 0.3 is 0 Å². The molecule has 0 spiro atoms. The van der Waals surface area contributed by atoms with Gasteiger partial charge in [0.25, 0.3) is 5.91 Å². The van der Waals surface area contributed by atoms with Crippen molar-refractivity contribution in [2.45, 2.75) is 46.2 Å². The van der Waals surface area contributed by atoms with Crippen LogP contribution in [0, 0.1) is 5.92 Å². The molecule has 1 saturated heterocycles. The van der Waals surface area contributed by atoms with E-state index in [1.807, 2.05) is 24.3 Å². The smallest absolute Gasteiger partial charge is 0.251 e. The van der Waals surface area contributed by atoms with E-state index in [4.69, 9.17) is 5.11 Å². The van der Waals surface area contributed by atoms with Crippen LogP contribution in [0.25, 0.3) is 0 Å². The summed E-state index contributed by atoms with van der Waals surface area (Å²) in [6.07, 6.45) is 0.585. The van der Waals surface area contributed by atoms with Gasteiger partial charge in [0.05, 0.1) is 0 Å². The summed E-state index contributed by atoms with van der Waals surface area (Å²) in [6, 6.07) is 8.47. The number of anilines is 1. The van der Waals surface area contributed by atoms with Crippen molar-refractivity contribution in [3.05, 3.63) is 29.8 Å². The Bertz CT molecular complexity index is 534. The number of piperazine rings is 1. The Morgan fingerprint density at radius 2 is 1.68 bits per heavy atom. The van der Waals surface area contributed by atoms with E-state index in [0.717, 1.165) is 26.2 Å². The molecule has 1 aliphatic heterocycles. The molecular weight excluding hydrogens is 314 g/mol. The topological polar surface area (TPSA) is 55.8 Å². The Balaban J connectivity index is 1.94. The molecule has 0 aliphatic carbocycles. The predicted octanol–water partition coefficient (Wildman–Crippen LogP) is 2.35. The summed E-state index contributed by atoms with van der Waals surface area (Å²) in [5, 5.41) is 12.2. The number of carbonyl (C=O) groups is 1. The van der Waals surface area contributed by atoms with Gasteiger partial charge in [-0.15, -0.1) is 0 Å². The molecule has 1 aliphatic rings. The van der Waals surface area contributed by atoms with Crippen LogP contribution in [0.15, 0.2) is 24.3 Å². The van der Waals surface area contributed by atoms with Crippen LogP contribution >= 0.6 is 0 Å². The number of nitrogens with one attached hydrogen (secondary N) is 1. The number of carbonyl (C=O) groups excluding carboxylic acids is 1. The van der Waals surface area contributed by atoms with Gasteiger partial charge in [-0.25, -0.2) is 0 Å². The lowest BCUT2D eigenvalue weighted by atomic mass is 10.0. The van der Waals surface area contributed by atoms with E-state index >= 15 is 0 Å². The van der Waals surface area contributed by atoms with Crippen molar-refractivity contribution in [2.24, 2.45) is 5.92 Å². The Kier molecular flexibility index (Phi) is 7.26. The Labute approximate surface area is 152 Å². The standard InChI is InChI=1S/C20H33N3O2/c1-15(2)19(9-14-24)21-20(25)17-5-7-18(8-6-17)23-12-10-22(11-13-23)16(3)4/h5-8,15-16,19,24H,9-14H2,1-4H3,(H,21,25). The summed E-state index contributed by atoms with van der Waals surface area (Å²) in [5.41, 5.74) is 1.85. The molecule has 0 aromatic heterocycles. The molecule has 1 amide bonds. The van der Waals surface area contributed by atoms with E-state index in [-0.39, 0.29) is 18.6 Å². The second-order valence-electron chi connectivity index (χ2n) is 7.50. The number of nitrogens with zero attached hydrogens (tertiary/aromatic N) is 2. The van der Waals surface area contributed by atoms with Crippen molar-refractivity contribution >= 4 is 11.6 Å². The maximum atomic E-state index is 12.4. The number of aliphatic hydroxyl groups excluding tert-OH is 1. The molecule has 140 valence electrons. The summed E-state index contributed by atoms with van der Waals surface area (Å²) in [5.74, 6) is 0.232. The number of hydrogen-bond donors (Lipinski definition) is 2. The summed E-state index contributed by atoms with van der Waals surface area (Å²) in [4.78, 5) is 17.3. The van der Waals surface area contributed by atoms with Crippen molar-refractivity contribution in [1.29, 1.82) is 0 Å². The zero-order valence-electron chi connectivity index (χ0n) is 16.0. The molecule has 1 heterocycles. The molecular formula is C20H33N3O2. The minimum absolute atomic E-state index is 0.00119. The third kappa shape index (κ3) is 5.44. The van der Waals surface area contributed by atoms with E-state index in [1.54, 1.807) is 0 Å². The summed E-state index contributed by atoms with van der Waals surface area (Å²) in [6.45, 7) is 12.9. The number of aliphatic hydroxyl groups is 1. The Morgan fingerprint density at radius 3 is 2.16 bits per heavy atom. The van der Waals surface area contributed by atoms with Crippen LogP contribution in [0.2, 0.25) is 0 Å². The first kappa shape index (κ1) is 19.7. The molecule has 1 atom stereocenters. The zero-order chi connectivity index (χ0) is 18.4. The maximum absolute atomic E-state index is 12.4. The first-order valence-electron chi connectivity index (χ1n) is 9.43. The van der Waals surface area contributed by atoms with Gasteiger partial charge in [0, 0.05) is 56.1 Å². The molecule has 0 radical (unpaired) electrons. The highest BCUT2D eigenvalue weighted by molar-refractivity contribution is 5.94. The van der Waals surface area contributed by atoms with Crippen LogP contribution in [-0.4, -0.2) is 60.8 Å². The zero-order valence-corrected chi connectivity index (χ0v) is 16.0. The first-order valence-corrected chi connectivity index (χ1v) is 9.43. The van der Waals surface area contributed by atoms with E-state index in [2.05, 4.69) is 42.8 Å². The molecule has 1 unspecified atom stereocenters. The lowest BCUT2D eigenvalue weighted by molar-refractivity contribution is 0.0916. The lowest BCUT2D eigenvalue weighted by Crippen LogP contribution is -2.48. The van der Waals surface area contributed by atoms with Gasteiger partial charge < -0.3 is 15.3 Å². The number of hydrogen-bond acceptors (Lipinski definition) is 4. The van der Waals surface area contributed by atoms with Crippen molar-refractivity contribution in [1.82, 2.24) is 10.2 Å². The SMILES string of the molecule is CC(C)C(CCO)NC(=O)c1ccc(N2CCN(C(C)C)CC2)cc1. The fraction of sp³-hybridized carbons (Fsp3) is 0.650. The van der Waals surface area contributed by atoms with E-state index in [0.29, 0.717) is 23.9 Å². The molecule has 2 N–H and O–H groups in total. The van der Waals surface area contributed by atoms with Crippen LogP contribution in [0.3, 0.4) is 0 Å². The van der Waals surface area contributed by atoms with Crippen LogP contribution in [0.5, 0.6) is 0 Å². The summed E-state index contributed by atoms with van der Waals surface area (Å²) in [7, 11) is 0. The van der Waals surface area contributed by atoms with Crippen molar-refractivity contribution in [2.75, 3.05) is 37.7 Å². The third-order valence-corrected chi connectivity index (χ3v) is 5.10. The summed E-state index contributed by atoms with van der Waals surface area (Å²) >= 11 is 0. The Morgan fingerprint density at radius 1 is 1.08 bits per heavy atom. The molecule has 2 rings (SSSR count). The van der Waals surface area contributed by atoms with Gasteiger partial charge in [-0.05, 0) is 50.5 Å². The van der Waals surface area contributed by atoms with Gasteiger partial charge in [0.1, 0.15) is 0 Å². The van der Waals surface area contributed by atoms with Gasteiger partial charge in [0.15, 0.2) is 0 Å². The van der Waals surface area contributed by atoms with E-state index in [9.17, 15) is 4.79 Å². The van der Waals surface area contributed by atoms with E-state index < -0.39 is 0 Å².